The number of carbonyl (C=O) groups is 2. The summed E-state index contributed by atoms with van der Waals surface area (Å²) in [5.41, 5.74) is 0.752. The number of hydrogen-bond acceptors (Lipinski definition) is 5. The lowest BCUT2D eigenvalue weighted by Gasteiger charge is -2.34. The molecule has 0 spiro atoms. The predicted molar refractivity (Wildman–Crippen MR) is 108 cm³/mol. The molecule has 2 amide bonds. The van der Waals surface area contributed by atoms with Gasteiger partial charge in [0.1, 0.15) is 0 Å². The van der Waals surface area contributed by atoms with Crippen LogP contribution in [0.2, 0.25) is 0 Å². The van der Waals surface area contributed by atoms with Gasteiger partial charge in [-0.1, -0.05) is 30.3 Å². The molecule has 0 aromatic heterocycles. The van der Waals surface area contributed by atoms with Gasteiger partial charge in [0.2, 0.25) is 21.8 Å². The lowest BCUT2D eigenvalue weighted by atomic mass is 10.2. The molecule has 1 N–H and O–H groups in total. The standard InChI is InChI=1S/C19H30N4O4S/c1-16(2)20-18(24)13-21(3)14-19(25)22-9-11-23(12-10-22)28(26,27)15-17-7-5-4-6-8-17/h4-8,16H,9-15H2,1-3H3,(H,20,24). The normalized spacial score (nSPS) is 15.8. The number of hydrogen-bond donors (Lipinski definition) is 1. The van der Waals surface area contributed by atoms with Crippen LogP contribution in [0.3, 0.4) is 0 Å². The molecule has 1 saturated heterocycles. The third kappa shape index (κ3) is 6.88. The van der Waals surface area contributed by atoms with E-state index in [1.54, 1.807) is 29.0 Å². The molecule has 9 heteroatoms. The largest absolute Gasteiger partial charge is 0.353 e. The number of carbonyl (C=O) groups excluding carboxylic acids is 2. The van der Waals surface area contributed by atoms with Crippen LogP contribution >= 0.6 is 0 Å². The van der Waals surface area contributed by atoms with Gasteiger partial charge in [0.15, 0.2) is 0 Å². The SMILES string of the molecule is CC(C)NC(=O)CN(C)CC(=O)N1CCN(S(=O)(=O)Cc2ccccc2)CC1. The molecule has 0 saturated carbocycles. The van der Waals surface area contributed by atoms with Crippen molar-refractivity contribution < 1.29 is 18.0 Å². The van der Waals surface area contributed by atoms with Gasteiger partial charge in [-0.05, 0) is 26.5 Å². The fourth-order valence-electron chi connectivity index (χ4n) is 3.09. The number of rotatable bonds is 8. The molecule has 156 valence electrons. The second kappa shape index (κ2) is 9.99. The van der Waals surface area contributed by atoms with Crippen LogP contribution < -0.4 is 5.32 Å². The molecule has 1 heterocycles. The van der Waals surface area contributed by atoms with E-state index in [-0.39, 0.29) is 36.7 Å². The van der Waals surface area contributed by atoms with Gasteiger partial charge >= 0.3 is 0 Å². The Kier molecular flexibility index (Phi) is 7.97. The molecule has 2 rings (SSSR count). The van der Waals surface area contributed by atoms with Gasteiger partial charge in [-0.2, -0.15) is 4.31 Å². The van der Waals surface area contributed by atoms with E-state index in [2.05, 4.69) is 5.32 Å². The molecule has 0 radical (unpaired) electrons. The minimum absolute atomic E-state index is 0.0323. The zero-order valence-corrected chi connectivity index (χ0v) is 17.6. The molecule has 8 nitrogen and oxygen atoms in total. The Morgan fingerprint density at radius 3 is 2.25 bits per heavy atom. The maximum absolute atomic E-state index is 12.6. The van der Waals surface area contributed by atoms with Gasteiger partial charge in [0.25, 0.3) is 0 Å². The number of piperazine rings is 1. The number of nitrogens with one attached hydrogen (secondary N) is 1. The molecular weight excluding hydrogens is 380 g/mol. The summed E-state index contributed by atoms with van der Waals surface area (Å²) in [6.45, 7) is 5.34. The fraction of sp³-hybridized carbons (Fsp3) is 0.579. The van der Waals surface area contributed by atoms with Crippen LogP contribution in [0, 0.1) is 0 Å². The highest BCUT2D eigenvalue weighted by molar-refractivity contribution is 7.88. The first-order valence-electron chi connectivity index (χ1n) is 9.45. The topological polar surface area (TPSA) is 90.0 Å². The number of nitrogens with zero attached hydrogens (tertiary/aromatic N) is 3. The van der Waals surface area contributed by atoms with Crippen molar-refractivity contribution in [2.75, 3.05) is 46.3 Å². The van der Waals surface area contributed by atoms with Crippen molar-refractivity contribution in [3.05, 3.63) is 35.9 Å². The Hall–Kier alpha value is -1.97. The second-order valence-corrected chi connectivity index (χ2v) is 9.39. The van der Waals surface area contributed by atoms with E-state index in [9.17, 15) is 18.0 Å². The number of sulfonamides is 1. The van der Waals surface area contributed by atoms with Crippen LogP contribution in [0.1, 0.15) is 19.4 Å². The van der Waals surface area contributed by atoms with Crippen LogP contribution in [0.15, 0.2) is 30.3 Å². The van der Waals surface area contributed by atoms with Gasteiger partial charge in [-0.3, -0.25) is 14.5 Å². The summed E-state index contributed by atoms with van der Waals surface area (Å²) in [5, 5.41) is 2.79. The Bertz CT molecular complexity index is 759. The highest BCUT2D eigenvalue weighted by Crippen LogP contribution is 2.13. The van der Waals surface area contributed by atoms with Crippen LogP contribution in [0.25, 0.3) is 0 Å². The van der Waals surface area contributed by atoms with Crippen LogP contribution in [0.5, 0.6) is 0 Å². The molecule has 0 bridgehead atoms. The minimum atomic E-state index is -3.40. The van der Waals surface area contributed by atoms with E-state index in [1.165, 1.54) is 4.31 Å². The Balaban J connectivity index is 1.80. The smallest absolute Gasteiger partial charge is 0.236 e. The van der Waals surface area contributed by atoms with Crippen molar-refractivity contribution in [3.63, 3.8) is 0 Å². The van der Waals surface area contributed by atoms with Crippen LogP contribution in [-0.4, -0.2) is 86.7 Å². The Morgan fingerprint density at radius 2 is 1.68 bits per heavy atom. The summed E-state index contributed by atoms with van der Waals surface area (Å²) in [6, 6.07) is 9.14. The monoisotopic (exact) mass is 410 g/mol. The molecule has 0 atom stereocenters. The Labute approximate surface area is 167 Å². The average molecular weight is 411 g/mol. The van der Waals surface area contributed by atoms with Crippen molar-refractivity contribution in [2.45, 2.75) is 25.6 Å². The summed E-state index contributed by atoms with van der Waals surface area (Å²) < 4.78 is 26.6. The highest BCUT2D eigenvalue weighted by Gasteiger charge is 2.29. The summed E-state index contributed by atoms with van der Waals surface area (Å²) in [6.07, 6.45) is 0. The van der Waals surface area contributed by atoms with Crippen molar-refractivity contribution in [3.8, 4) is 0 Å². The van der Waals surface area contributed by atoms with Gasteiger partial charge in [0, 0.05) is 32.2 Å². The molecule has 1 aromatic carbocycles. The lowest BCUT2D eigenvalue weighted by molar-refractivity contribution is -0.133. The van der Waals surface area contributed by atoms with Crippen molar-refractivity contribution in [2.24, 2.45) is 0 Å². The first-order valence-corrected chi connectivity index (χ1v) is 11.1. The van der Waals surface area contributed by atoms with Crippen molar-refractivity contribution in [1.82, 2.24) is 19.4 Å². The number of likely N-dealkylation sites (N-methyl/N-ethyl adjacent to an activating group) is 1. The van der Waals surface area contributed by atoms with E-state index in [0.29, 0.717) is 26.2 Å². The van der Waals surface area contributed by atoms with E-state index < -0.39 is 10.0 Å². The average Bonchev–Trinajstić information content (AvgIpc) is 2.61. The summed E-state index contributed by atoms with van der Waals surface area (Å²) in [7, 11) is -1.68. The van der Waals surface area contributed by atoms with E-state index in [4.69, 9.17) is 0 Å². The molecule has 1 aliphatic heterocycles. The predicted octanol–water partition coefficient (Wildman–Crippen LogP) is 0.117. The van der Waals surface area contributed by atoms with Gasteiger partial charge in [-0.25, -0.2) is 8.42 Å². The summed E-state index contributed by atoms with van der Waals surface area (Å²) in [5.74, 6) is -0.253. The summed E-state index contributed by atoms with van der Waals surface area (Å²) in [4.78, 5) is 27.5. The fourth-order valence-corrected chi connectivity index (χ4v) is 4.61. The maximum atomic E-state index is 12.6. The molecule has 1 aromatic rings. The third-order valence-corrected chi connectivity index (χ3v) is 6.30. The van der Waals surface area contributed by atoms with E-state index in [1.807, 2.05) is 32.0 Å². The zero-order valence-electron chi connectivity index (χ0n) is 16.8. The molecule has 1 aliphatic rings. The van der Waals surface area contributed by atoms with Crippen LogP contribution in [-0.2, 0) is 25.4 Å². The molecule has 28 heavy (non-hydrogen) atoms. The quantitative estimate of drug-likeness (QED) is 0.657. The van der Waals surface area contributed by atoms with Crippen molar-refractivity contribution >= 4 is 21.8 Å². The molecule has 0 aliphatic carbocycles. The highest BCUT2D eigenvalue weighted by atomic mass is 32.2. The molecule has 0 unspecified atom stereocenters. The number of benzene rings is 1. The van der Waals surface area contributed by atoms with Gasteiger partial charge in [-0.15, -0.1) is 0 Å². The number of amides is 2. The zero-order chi connectivity index (χ0) is 20.7. The minimum Gasteiger partial charge on any atom is -0.353 e. The summed E-state index contributed by atoms with van der Waals surface area (Å²) >= 11 is 0. The maximum Gasteiger partial charge on any atom is 0.236 e. The molecule has 1 fully saturated rings. The lowest BCUT2D eigenvalue weighted by Crippen LogP contribution is -2.53. The first kappa shape index (κ1) is 22.3. The second-order valence-electron chi connectivity index (χ2n) is 7.42. The third-order valence-electron chi connectivity index (χ3n) is 4.44. The first-order chi connectivity index (χ1) is 13.2. The van der Waals surface area contributed by atoms with Gasteiger partial charge in [0.05, 0.1) is 18.8 Å². The molecular formula is C19H30N4O4S. The van der Waals surface area contributed by atoms with Crippen LogP contribution in [0.4, 0.5) is 0 Å². The van der Waals surface area contributed by atoms with Gasteiger partial charge < -0.3 is 10.2 Å². The van der Waals surface area contributed by atoms with E-state index in [0.717, 1.165) is 5.56 Å². The Morgan fingerprint density at radius 1 is 1.07 bits per heavy atom. The van der Waals surface area contributed by atoms with E-state index >= 15 is 0 Å². The van der Waals surface area contributed by atoms with Crippen molar-refractivity contribution in [1.29, 1.82) is 0 Å².